The number of nitrogens with one attached hydrogen (secondary N) is 1. The maximum Gasteiger partial charge on any atom is 0.413 e. The minimum Gasteiger partial charge on any atom is -0.444 e. The van der Waals surface area contributed by atoms with Gasteiger partial charge in [-0.05, 0) is 55.8 Å². The zero-order valence-electron chi connectivity index (χ0n) is 11.3. The van der Waals surface area contributed by atoms with Crippen LogP contribution in [-0.4, -0.2) is 21.1 Å². The number of anilines is 1. The first kappa shape index (κ1) is 13.9. The number of nitrogens with zero attached hydrogens (tertiary/aromatic N) is 2. The van der Waals surface area contributed by atoms with Crippen molar-refractivity contribution in [3.63, 3.8) is 0 Å². The Kier molecular flexibility index (Phi) is 3.54. The third-order valence-corrected chi connectivity index (χ3v) is 2.85. The Morgan fingerprint density at radius 2 is 2.11 bits per heavy atom. The molecular weight excluding hydrogens is 310 g/mol. The minimum atomic E-state index is -0.529. The lowest BCUT2D eigenvalue weighted by Crippen LogP contribution is -2.27. The number of halogens is 1. The summed E-state index contributed by atoms with van der Waals surface area (Å²) in [7, 11) is 0. The fourth-order valence-corrected chi connectivity index (χ4v) is 2.02. The number of rotatable bonds is 1. The first-order valence-corrected chi connectivity index (χ1v) is 6.70. The topological polar surface area (TPSA) is 55.6 Å². The summed E-state index contributed by atoms with van der Waals surface area (Å²) in [5, 5.41) is 2.74. The number of carbonyl (C=O) groups excluding carboxylic acids is 1. The summed E-state index contributed by atoms with van der Waals surface area (Å²) in [4.78, 5) is 16.2. The largest absolute Gasteiger partial charge is 0.444 e. The second kappa shape index (κ2) is 4.85. The molecule has 0 spiro atoms. The molecule has 0 aliphatic heterocycles. The Bertz CT molecular complexity index is 629. The normalized spacial score (nSPS) is 11.6. The highest BCUT2D eigenvalue weighted by Crippen LogP contribution is 2.21. The molecule has 2 rings (SSSR count). The van der Waals surface area contributed by atoms with Crippen molar-refractivity contribution in [3.05, 3.63) is 28.5 Å². The van der Waals surface area contributed by atoms with Gasteiger partial charge >= 0.3 is 6.09 Å². The van der Waals surface area contributed by atoms with Gasteiger partial charge in [0, 0.05) is 10.7 Å². The van der Waals surface area contributed by atoms with Crippen molar-refractivity contribution in [2.45, 2.75) is 33.3 Å². The number of fused-ring (bicyclic) bond motifs is 1. The quantitative estimate of drug-likeness (QED) is 0.868. The SMILES string of the molecule is Cc1nc2ccc(Br)cn2c1NC(=O)OC(C)(C)C. The van der Waals surface area contributed by atoms with Gasteiger partial charge in [0.05, 0.1) is 5.69 Å². The van der Waals surface area contributed by atoms with E-state index in [0.29, 0.717) is 5.82 Å². The highest BCUT2D eigenvalue weighted by atomic mass is 79.9. The van der Waals surface area contributed by atoms with Gasteiger partial charge in [-0.25, -0.2) is 9.78 Å². The monoisotopic (exact) mass is 325 g/mol. The van der Waals surface area contributed by atoms with Gasteiger partial charge < -0.3 is 4.74 Å². The van der Waals surface area contributed by atoms with Gasteiger partial charge in [0.2, 0.25) is 0 Å². The molecule has 0 aliphatic rings. The summed E-state index contributed by atoms with van der Waals surface area (Å²) in [5.74, 6) is 0.616. The van der Waals surface area contributed by atoms with Crippen molar-refractivity contribution in [1.82, 2.24) is 9.38 Å². The molecule has 0 saturated carbocycles. The summed E-state index contributed by atoms with van der Waals surface area (Å²) in [5.41, 5.74) is 0.981. The maximum absolute atomic E-state index is 11.8. The van der Waals surface area contributed by atoms with Crippen molar-refractivity contribution < 1.29 is 9.53 Å². The van der Waals surface area contributed by atoms with E-state index in [0.717, 1.165) is 15.8 Å². The van der Waals surface area contributed by atoms with Gasteiger partial charge in [0.15, 0.2) is 0 Å². The van der Waals surface area contributed by atoms with E-state index in [-0.39, 0.29) is 0 Å². The number of ether oxygens (including phenoxy) is 1. The van der Waals surface area contributed by atoms with Crippen LogP contribution in [0.1, 0.15) is 26.5 Å². The van der Waals surface area contributed by atoms with Crippen molar-refractivity contribution in [2.24, 2.45) is 0 Å². The lowest BCUT2D eigenvalue weighted by atomic mass is 10.2. The summed E-state index contributed by atoms with van der Waals surface area (Å²) in [6, 6.07) is 3.77. The average Bonchev–Trinajstić information content (AvgIpc) is 2.53. The smallest absolute Gasteiger partial charge is 0.413 e. The van der Waals surface area contributed by atoms with Gasteiger partial charge in [0.1, 0.15) is 17.1 Å². The molecule has 2 heterocycles. The Morgan fingerprint density at radius 3 is 2.74 bits per heavy atom. The third-order valence-electron chi connectivity index (χ3n) is 2.38. The van der Waals surface area contributed by atoms with Crippen LogP contribution in [0.25, 0.3) is 5.65 Å². The maximum atomic E-state index is 11.8. The molecule has 102 valence electrons. The van der Waals surface area contributed by atoms with Crippen LogP contribution in [-0.2, 0) is 4.74 Å². The van der Waals surface area contributed by atoms with Crippen LogP contribution in [0, 0.1) is 6.92 Å². The lowest BCUT2D eigenvalue weighted by molar-refractivity contribution is 0.0635. The van der Waals surface area contributed by atoms with Crippen LogP contribution in [0.3, 0.4) is 0 Å². The first-order chi connectivity index (χ1) is 8.76. The number of carbonyl (C=O) groups is 1. The molecule has 5 nitrogen and oxygen atoms in total. The van der Waals surface area contributed by atoms with Crippen LogP contribution in [0.15, 0.2) is 22.8 Å². The predicted molar refractivity (Wildman–Crippen MR) is 77.5 cm³/mol. The van der Waals surface area contributed by atoms with E-state index in [2.05, 4.69) is 26.2 Å². The van der Waals surface area contributed by atoms with E-state index in [4.69, 9.17) is 4.74 Å². The van der Waals surface area contributed by atoms with Gasteiger partial charge in [-0.3, -0.25) is 9.72 Å². The lowest BCUT2D eigenvalue weighted by Gasteiger charge is -2.19. The van der Waals surface area contributed by atoms with Crippen molar-refractivity contribution in [3.8, 4) is 0 Å². The average molecular weight is 326 g/mol. The first-order valence-electron chi connectivity index (χ1n) is 5.90. The molecule has 0 aliphatic carbocycles. The van der Waals surface area contributed by atoms with Crippen molar-refractivity contribution in [2.75, 3.05) is 5.32 Å². The molecule has 1 N–H and O–H groups in total. The Labute approximate surface area is 120 Å². The van der Waals surface area contributed by atoms with E-state index >= 15 is 0 Å². The molecule has 6 heteroatoms. The molecule has 0 atom stereocenters. The fourth-order valence-electron chi connectivity index (χ4n) is 1.69. The number of pyridine rings is 1. The van der Waals surface area contributed by atoms with E-state index in [1.54, 1.807) is 0 Å². The zero-order valence-corrected chi connectivity index (χ0v) is 12.9. The number of aromatic nitrogens is 2. The van der Waals surface area contributed by atoms with Gasteiger partial charge in [0.25, 0.3) is 0 Å². The fraction of sp³-hybridized carbons (Fsp3) is 0.385. The van der Waals surface area contributed by atoms with Gasteiger partial charge in [-0.2, -0.15) is 0 Å². The summed E-state index contributed by atoms with van der Waals surface area (Å²) in [6.45, 7) is 7.31. The van der Waals surface area contributed by atoms with E-state index in [1.165, 1.54) is 0 Å². The molecule has 19 heavy (non-hydrogen) atoms. The number of amides is 1. The second-order valence-corrected chi connectivity index (χ2v) is 6.16. The molecule has 0 radical (unpaired) electrons. The summed E-state index contributed by atoms with van der Waals surface area (Å²) in [6.07, 6.45) is 1.36. The predicted octanol–water partition coefficient (Wildman–Crippen LogP) is 3.75. The van der Waals surface area contributed by atoms with Crippen LogP contribution >= 0.6 is 15.9 Å². The summed E-state index contributed by atoms with van der Waals surface area (Å²) >= 11 is 3.40. The van der Waals surface area contributed by atoms with Gasteiger partial charge in [-0.1, -0.05) is 0 Å². The van der Waals surface area contributed by atoms with Gasteiger partial charge in [-0.15, -0.1) is 0 Å². The van der Waals surface area contributed by atoms with E-state index < -0.39 is 11.7 Å². The molecule has 2 aromatic rings. The molecule has 0 aromatic carbocycles. The standard InChI is InChI=1S/C13H16BrN3O2/c1-8-11(16-12(18)19-13(2,3)4)17-7-9(14)5-6-10(17)15-8/h5-7H,1-4H3,(H,16,18). The summed E-state index contributed by atoms with van der Waals surface area (Å²) < 4.78 is 7.96. The van der Waals surface area contributed by atoms with E-state index in [1.807, 2.05) is 50.4 Å². The van der Waals surface area contributed by atoms with Crippen LogP contribution in [0.2, 0.25) is 0 Å². The molecule has 0 saturated heterocycles. The number of imidazole rings is 1. The van der Waals surface area contributed by atoms with Crippen LogP contribution in [0.5, 0.6) is 0 Å². The Hall–Kier alpha value is -1.56. The minimum absolute atomic E-state index is 0.489. The zero-order chi connectivity index (χ0) is 14.2. The Morgan fingerprint density at radius 1 is 1.42 bits per heavy atom. The van der Waals surface area contributed by atoms with Crippen LogP contribution < -0.4 is 5.32 Å². The van der Waals surface area contributed by atoms with Crippen molar-refractivity contribution in [1.29, 1.82) is 0 Å². The highest BCUT2D eigenvalue weighted by molar-refractivity contribution is 9.10. The molecule has 0 fully saturated rings. The molecule has 2 aromatic heterocycles. The Balaban J connectivity index is 2.32. The highest BCUT2D eigenvalue weighted by Gasteiger charge is 2.18. The number of aryl methyl sites for hydroxylation is 1. The van der Waals surface area contributed by atoms with E-state index in [9.17, 15) is 4.79 Å². The number of hydrogen-bond acceptors (Lipinski definition) is 3. The molecule has 0 unspecified atom stereocenters. The van der Waals surface area contributed by atoms with Crippen molar-refractivity contribution >= 4 is 33.5 Å². The molecule has 1 amide bonds. The second-order valence-electron chi connectivity index (χ2n) is 5.25. The van der Waals surface area contributed by atoms with Crippen LogP contribution in [0.4, 0.5) is 10.6 Å². The third kappa shape index (κ3) is 3.26. The number of hydrogen-bond donors (Lipinski definition) is 1. The molecule has 0 bridgehead atoms. The molecular formula is C13H16BrN3O2.